The molecule has 0 aliphatic rings. The van der Waals surface area contributed by atoms with Gasteiger partial charge in [0.15, 0.2) is 0 Å². The highest BCUT2D eigenvalue weighted by Gasteiger charge is 2.34. The van der Waals surface area contributed by atoms with Crippen molar-refractivity contribution in [2.45, 2.75) is 57.1 Å². The molecule has 0 aliphatic heterocycles. The Bertz CT molecular complexity index is 1470. The summed E-state index contributed by atoms with van der Waals surface area (Å²) in [6, 6.07) is 18.3. The second kappa shape index (κ2) is 13.1. The number of amides is 2. The highest BCUT2D eigenvalue weighted by molar-refractivity contribution is 7.92. The summed E-state index contributed by atoms with van der Waals surface area (Å²) < 4.78 is 28.5. The first kappa shape index (κ1) is 31.6. The van der Waals surface area contributed by atoms with E-state index in [1.165, 1.54) is 41.3 Å². The van der Waals surface area contributed by atoms with Crippen molar-refractivity contribution in [1.82, 2.24) is 10.2 Å². The van der Waals surface area contributed by atoms with E-state index in [1.54, 1.807) is 49.4 Å². The largest absolute Gasteiger partial charge is 0.350 e. The van der Waals surface area contributed by atoms with Crippen LogP contribution in [0.15, 0.2) is 83.8 Å². The Morgan fingerprint density at radius 2 is 1.56 bits per heavy atom. The van der Waals surface area contributed by atoms with Gasteiger partial charge in [-0.3, -0.25) is 24.0 Å². The van der Waals surface area contributed by atoms with Gasteiger partial charge in [-0.1, -0.05) is 48.9 Å². The molecule has 0 bridgehead atoms. The van der Waals surface area contributed by atoms with Crippen LogP contribution in [0.4, 0.5) is 11.4 Å². The predicted molar refractivity (Wildman–Crippen MR) is 158 cm³/mol. The van der Waals surface area contributed by atoms with Gasteiger partial charge in [-0.2, -0.15) is 0 Å². The highest BCUT2D eigenvalue weighted by Crippen LogP contribution is 2.27. The summed E-state index contributed by atoms with van der Waals surface area (Å²) in [5.74, 6) is -1.01. The third kappa shape index (κ3) is 8.27. The molecule has 0 radical (unpaired) electrons. The Morgan fingerprint density at radius 1 is 0.976 bits per heavy atom. The molecule has 3 aromatic rings. The molecule has 0 unspecified atom stereocenters. The molecule has 218 valence electrons. The maximum absolute atomic E-state index is 14.0. The first-order chi connectivity index (χ1) is 19.2. The normalized spacial score (nSPS) is 12.3. The summed E-state index contributed by atoms with van der Waals surface area (Å²) in [6.45, 7) is 6.61. The number of anilines is 1. The minimum atomic E-state index is -4.28. The number of carbonyl (C=O) groups is 2. The van der Waals surface area contributed by atoms with Crippen LogP contribution in [0.3, 0.4) is 0 Å². The van der Waals surface area contributed by atoms with Gasteiger partial charge in [0.05, 0.1) is 15.5 Å². The van der Waals surface area contributed by atoms with Crippen LogP contribution in [-0.4, -0.2) is 48.2 Å². The smallest absolute Gasteiger partial charge is 0.269 e. The molecule has 10 nitrogen and oxygen atoms in total. The molecule has 0 spiro atoms. The van der Waals surface area contributed by atoms with Crippen molar-refractivity contribution < 1.29 is 22.9 Å². The standard InChI is InChI=1S/C29H33ClN4O6S/c1-5-26(28(36)31-29(2,3)4)32(19-21-11-13-22(30)14-12-21)27(35)20-33(23-15-17-24(18-16-23)34(37)38)41(39,40)25-9-7-6-8-10-25/h6-18,26H,5,19-20H2,1-4H3,(H,31,36)/t26-/m0/s1. The average Bonchev–Trinajstić information content (AvgIpc) is 2.92. The van der Waals surface area contributed by atoms with Gasteiger partial charge in [-0.15, -0.1) is 0 Å². The van der Waals surface area contributed by atoms with Crippen molar-refractivity contribution in [2.24, 2.45) is 0 Å². The number of benzene rings is 3. The number of hydrogen-bond acceptors (Lipinski definition) is 6. The first-order valence-corrected chi connectivity index (χ1v) is 14.7. The molecule has 0 aliphatic carbocycles. The van der Waals surface area contributed by atoms with Crippen LogP contribution in [0.25, 0.3) is 0 Å². The number of nitro groups is 1. The Balaban J connectivity index is 2.07. The van der Waals surface area contributed by atoms with Crippen molar-refractivity contribution in [3.05, 3.63) is 99.6 Å². The number of nitrogens with zero attached hydrogens (tertiary/aromatic N) is 3. The molecule has 3 rings (SSSR count). The highest BCUT2D eigenvalue weighted by atomic mass is 35.5. The minimum Gasteiger partial charge on any atom is -0.350 e. The number of hydrogen-bond donors (Lipinski definition) is 1. The molecule has 3 aromatic carbocycles. The van der Waals surface area contributed by atoms with Crippen LogP contribution in [0, 0.1) is 10.1 Å². The summed E-state index contributed by atoms with van der Waals surface area (Å²) >= 11 is 6.04. The molecule has 2 amide bonds. The van der Waals surface area contributed by atoms with E-state index < -0.39 is 39.0 Å². The molecule has 0 heterocycles. The number of rotatable bonds is 11. The topological polar surface area (TPSA) is 130 Å². The fourth-order valence-electron chi connectivity index (χ4n) is 4.15. The van der Waals surface area contributed by atoms with E-state index in [1.807, 2.05) is 20.8 Å². The number of carbonyl (C=O) groups excluding carboxylic acids is 2. The lowest BCUT2D eigenvalue weighted by Crippen LogP contribution is -2.55. The molecule has 12 heteroatoms. The molecular weight excluding hydrogens is 568 g/mol. The lowest BCUT2D eigenvalue weighted by molar-refractivity contribution is -0.384. The molecule has 1 N–H and O–H groups in total. The van der Waals surface area contributed by atoms with Crippen LogP contribution in [0.5, 0.6) is 0 Å². The average molecular weight is 601 g/mol. The predicted octanol–water partition coefficient (Wildman–Crippen LogP) is 5.17. The van der Waals surface area contributed by atoms with Gasteiger partial charge < -0.3 is 10.2 Å². The second-order valence-electron chi connectivity index (χ2n) is 10.4. The van der Waals surface area contributed by atoms with Crippen molar-refractivity contribution in [3.63, 3.8) is 0 Å². The maximum Gasteiger partial charge on any atom is 0.269 e. The van der Waals surface area contributed by atoms with Crippen molar-refractivity contribution >= 4 is 44.8 Å². The quantitative estimate of drug-likeness (QED) is 0.239. The van der Waals surface area contributed by atoms with Crippen LogP contribution in [0.1, 0.15) is 39.7 Å². The number of non-ortho nitro benzene ring substituents is 1. The maximum atomic E-state index is 14.0. The number of sulfonamides is 1. The van der Waals surface area contributed by atoms with Crippen LogP contribution >= 0.6 is 11.6 Å². The molecule has 41 heavy (non-hydrogen) atoms. The van der Waals surface area contributed by atoms with Gasteiger partial charge in [0.2, 0.25) is 11.8 Å². The molecule has 0 aromatic heterocycles. The Morgan fingerprint density at radius 3 is 2.07 bits per heavy atom. The van der Waals surface area contributed by atoms with Crippen LogP contribution in [0.2, 0.25) is 5.02 Å². The summed E-state index contributed by atoms with van der Waals surface area (Å²) in [5, 5.41) is 14.6. The SMILES string of the molecule is CC[C@@H](C(=O)NC(C)(C)C)N(Cc1ccc(Cl)cc1)C(=O)CN(c1ccc([N+](=O)[O-])cc1)S(=O)(=O)c1ccccc1. The molecule has 0 fully saturated rings. The number of nitro benzene ring substituents is 1. The van der Waals surface area contributed by atoms with Crippen molar-refractivity contribution in [3.8, 4) is 0 Å². The first-order valence-electron chi connectivity index (χ1n) is 12.9. The van der Waals surface area contributed by atoms with E-state index in [9.17, 15) is 28.1 Å². The van der Waals surface area contributed by atoms with Gasteiger partial charge in [0.25, 0.3) is 15.7 Å². The summed E-state index contributed by atoms with van der Waals surface area (Å²) in [7, 11) is -4.28. The zero-order valence-electron chi connectivity index (χ0n) is 23.3. The molecule has 1 atom stereocenters. The Kier molecular flexibility index (Phi) is 10.1. The molecule has 0 saturated carbocycles. The van der Waals surface area contributed by atoms with Crippen LogP contribution in [-0.2, 0) is 26.2 Å². The zero-order chi connectivity index (χ0) is 30.4. The van der Waals surface area contributed by atoms with Crippen molar-refractivity contribution in [2.75, 3.05) is 10.8 Å². The number of halogens is 1. The summed E-state index contributed by atoms with van der Waals surface area (Å²) in [6.07, 6.45) is 0.268. The molecular formula is C29H33ClN4O6S. The van der Waals surface area contributed by atoms with Crippen molar-refractivity contribution in [1.29, 1.82) is 0 Å². The van der Waals surface area contributed by atoms with E-state index in [4.69, 9.17) is 11.6 Å². The summed E-state index contributed by atoms with van der Waals surface area (Å²) in [4.78, 5) is 39.3. The van der Waals surface area contributed by atoms with E-state index in [0.29, 0.717) is 10.6 Å². The Labute approximate surface area is 245 Å². The van der Waals surface area contributed by atoms with Gasteiger partial charge in [-0.05, 0) is 69.2 Å². The van der Waals surface area contributed by atoms with E-state index in [-0.39, 0.29) is 35.1 Å². The second-order valence-corrected chi connectivity index (χ2v) is 12.7. The number of nitrogens with one attached hydrogen (secondary N) is 1. The van der Waals surface area contributed by atoms with Crippen LogP contribution < -0.4 is 9.62 Å². The monoisotopic (exact) mass is 600 g/mol. The fraction of sp³-hybridized carbons (Fsp3) is 0.310. The van der Waals surface area contributed by atoms with E-state index in [0.717, 1.165) is 4.31 Å². The summed E-state index contributed by atoms with van der Waals surface area (Å²) in [5.41, 5.74) is -0.0450. The third-order valence-corrected chi connectivity index (χ3v) is 8.15. The third-order valence-electron chi connectivity index (χ3n) is 6.11. The van der Waals surface area contributed by atoms with E-state index >= 15 is 0 Å². The van der Waals surface area contributed by atoms with Gasteiger partial charge in [0, 0.05) is 29.2 Å². The van der Waals surface area contributed by atoms with Gasteiger partial charge in [-0.25, -0.2) is 8.42 Å². The molecule has 0 saturated heterocycles. The zero-order valence-corrected chi connectivity index (χ0v) is 24.9. The van der Waals surface area contributed by atoms with E-state index in [2.05, 4.69) is 5.32 Å². The van der Waals surface area contributed by atoms with Gasteiger partial charge >= 0.3 is 0 Å². The minimum absolute atomic E-state index is 0.0194. The Hall–Kier alpha value is -3.96. The fourth-order valence-corrected chi connectivity index (χ4v) is 5.71. The lowest BCUT2D eigenvalue weighted by atomic mass is 10.1. The lowest BCUT2D eigenvalue weighted by Gasteiger charge is -2.34. The van der Waals surface area contributed by atoms with Gasteiger partial charge in [0.1, 0.15) is 12.6 Å².